The molecule has 2 aromatic rings. The number of thiophene rings is 1. The Hall–Kier alpha value is -2.21. The predicted octanol–water partition coefficient (Wildman–Crippen LogP) is 3.54. The third-order valence-electron chi connectivity index (χ3n) is 4.60. The Balaban J connectivity index is 1.76. The molecule has 0 radical (unpaired) electrons. The number of nitrogens with zero attached hydrogens (tertiary/aromatic N) is 2. The summed E-state index contributed by atoms with van der Waals surface area (Å²) in [5.74, 6) is 0.278. The van der Waals surface area contributed by atoms with Crippen LogP contribution in [0.1, 0.15) is 36.2 Å². The van der Waals surface area contributed by atoms with Crippen LogP contribution < -0.4 is 5.32 Å². The Labute approximate surface area is 163 Å². The topological polar surface area (TPSA) is 90.3 Å². The second-order valence-electron chi connectivity index (χ2n) is 7.02. The van der Waals surface area contributed by atoms with E-state index in [0.717, 1.165) is 6.42 Å². The van der Waals surface area contributed by atoms with Crippen LogP contribution in [0.25, 0.3) is 0 Å². The molecular formula is C19H21N3O3S2. The molecule has 1 N–H and O–H groups in total. The molecule has 1 saturated heterocycles. The zero-order valence-electron chi connectivity index (χ0n) is 15.2. The van der Waals surface area contributed by atoms with Gasteiger partial charge in [-0.3, -0.25) is 4.79 Å². The minimum atomic E-state index is -3.57. The molecule has 0 bridgehead atoms. The van der Waals surface area contributed by atoms with Crippen LogP contribution in [-0.2, 0) is 10.0 Å². The maximum atomic E-state index is 12.9. The van der Waals surface area contributed by atoms with E-state index in [2.05, 4.69) is 19.2 Å². The summed E-state index contributed by atoms with van der Waals surface area (Å²) in [4.78, 5) is 12.5. The summed E-state index contributed by atoms with van der Waals surface area (Å²) in [6, 6.07) is 9.58. The second-order valence-corrected chi connectivity index (χ2v) is 9.88. The third kappa shape index (κ3) is 4.21. The van der Waals surface area contributed by atoms with Gasteiger partial charge in [-0.1, -0.05) is 13.8 Å². The van der Waals surface area contributed by atoms with Gasteiger partial charge in [0.25, 0.3) is 5.91 Å². The Bertz CT molecular complexity index is 964. The number of hydrogen-bond donors (Lipinski definition) is 1. The van der Waals surface area contributed by atoms with Crippen molar-refractivity contribution in [3.05, 3.63) is 46.8 Å². The fraction of sp³-hybridized carbons (Fsp3) is 0.368. The predicted molar refractivity (Wildman–Crippen MR) is 105 cm³/mol. The summed E-state index contributed by atoms with van der Waals surface area (Å²) in [6.07, 6.45) is 1.03. The van der Waals surface area contributed by atoms with Gasteiger partial charge in [0, 0.05) is 18.7 Å². The number of nitrogens with one attached hydrogen (secondary N) is 1. The van der Waals surface area contributed by atoms with Crippen LogP contribution in [-0.4, -0.2) is 31.7 Å². The van der Waals surface area contributed by atoms with Crippen LogP contribution in [0.3, 0.4) is 0 Å². The van der Waals surface area contributed by atoms with E-state index in [1.165, 1.54) is 39.9 Å². The number of nitriles is 1. The van der Waals surface area contributed by atoms with Crippen LogP contribution in [0.5, 0.6) is 0 Å². The molecule has 1 aliphatic heterocycles. The fourth-order valence-corrected chi connectivity index (χ4v) is 5.81. The number of piperidine rings is 1. The van der Waals surface area contributed by atoms with E-state index in [9.17, 15) is 13.2 Å². The highest BCUT2D eigenvalue weighted by Crippen LogP contribution is 2.27. The molecule has 0 saturated carbocycles. The molecule has 0 spiro atoms. The van der Waals surface area contributed by atoms with Crippen molar-refractivity contribution >= 4 is 32.3 Å². The second kappa shape index (κ2) is 7.80. The van der Waals surface area contributed by atoms with Crippen LogP contribution in [0.4, 0.5) is 5.00 Å². The lowest BCUT2D eigenvalue weighted by Gasteiger charge is -2.34. The molecule has 1 fully saturated rings. The van der Waals surface area contributed by atoms with Crippen molar-refractivity contribution in [2.24, 2.45) is 11.8 Å². The van der Waals surface area contributed by atoms with Crippen molar-refractivity contribution in [1.29, 1.82) is 5.26 Å². The van der Waals surface area contributed by atoms with Gasteiger partial charge in [-0.15, -0.1) is 11.3 Å². The third-order valence-corrected chi connectivity index (χ3v) is 7.28. The summed E-state index contributed by atoms with van der Waals surface area (Å²) in [7, 11) is -3.57. The summed E-state index contributed by atoms with van der Waals surface area (Å²) >= 11 is 1.27. The standard InChI is InChI=1S/C19H21N3O3S2/c1-13-9-14(2)12-22(11-13)27(24,25)17-5-3-15(4-6-17)18(23)21-19-16(10-20)7-8-26-19/h3-8,13-14H,9,11-12H2,1-2H3,(H,21,23)/t13-,14-/m0/s1. The molecule has 0 aliphatic carbocycles. The van der Waals surface area contributed by atoms with E-state index in [1.54, 1.807) is 11.4 Å². The molecule has 1 aromatic carbocycles. The molecule has 6 nitrogen and oxygen atoms in total. The zero-order chi connectivity index (χ0) is 19.6. The monoisotopic (exact) mass is 403 g/mol. The molecule has 1 amide bonds. The molecule has 142 valence electrons. The Kier molecular flexibility index (Phi) is 5.65. The van der Waals surface area contributed by atoms with Crippen LogP contribution in [0, 0.1) is 23.2 Å². The normalized spacial score (nSPS) is 20.8. The van der Waals surface area contributed by atoms with Gasteiger partial charge < -0.3 is 5.32 Å². The minimum absolute atomic E-state index is 0.189. The van der Waals surface area contributed by atoms with Gasteiger partial charge in [0.2, 0.25) is 10.0 Å². The average Bonchev–Trinajstić information content (AvgIpc) is 3.08. The van der Waals surface area contributed by atoms with E-state index in [4.69, 9.17) is 5.26 Å². The summed E-state index contributed by atoms with van der Waals surface area (Å²) in [5.41, 5.74) is 0.743. The van der Waals surface area contributed by atoms with Gasteiger partial charge >= 0.3 is 0 Å². The number of carbonyl (C=O) groups excluding carboxylic acids is 1. The first kappa shape index (κ1) is 19.5. The first-order valence-corrected chi connectivity index (χ1v) is 11.0. The van der Waals surface area contributed by atoms with Crippen molar-refractivity contribution in [3.63, 3.8) is 0 Å². The lowest BCUT2D eigenvalue weighted by Crippen LogP contribution is -2.42. The van der Waals surface area contributed by atoms with E-state index >= 15 is 0 Å². The smallest absolute Gasteiger partial charge is 0.256 e. The number of carbonyl (C=O) groups is 1. The first-order chi connectivity index (χ1) is 12.8. The maximum Gasteiger partial charge on any atom is 0.256 e. The van der Waals surface area contributed by atoms with Crippen molar-refractivity contribution in [2.75, 3.05) is 18.4 Å². The molecule has 2 heterocycles. The molecule has 27 heavy (non-hydrogen) atoms. The lowest BCUT2D eigenvalue weighted by molar-refractivity contribution is 0.102. The molecule has 0 unspecified atom stereocenters. The molecular weight excluding hydrogens is 382 g/mol. The maximum absolute atomic E-state index is 12.9. The Morgan fingerprint density at radius 2 is 1.81 bits per heavy atom. The number of sulfonamides is 1. The highest BCUT2D eigenvalue weighted by Gasteiger charge is 2.31. The average molecular weight is 404 g/mol. The van der Waals surface area contributed by atoms with Gasteiger partial charge in [0.15, 0.2) is 0 Å². The Morgan fingerprint density at radius 3 is 2.41 bits per heavy atom. The fourth-order valence-electron chi connectivity index (χ4n) is 3.40. The van der Waals surface area contributed by atoms with Gasteiger partial charge in [-0.2, -0.15) is 9.57 Å². The van der Waals surface area contributed by atoms with Crippen LogP contribution in [0.15, 0.2) is 40.6 Å². The molecule has 1 aliphatic rings. The van der Waals surface area contributed by atoms with Crippen molar-refractivity contribution in [1.82, 2.24) is 4.31 Å². The van der Waals surface area contributed by atoms with Crippen molar-refractivity contribution in [2.45, 2.75) is 25.2 Å². The first-order valence-electron chi connectivity index (χ1n) is 8.70. The zero-order valence-corrected chi connectivity index (χ0v) is 16.8. The van der Waals surface area contributed by atoms with E-state index < -0.39 is 10.0 Å². The van der Waals surface area contributed by atoms with Crippen molar-refractivity contribution in [3.8, 4) is 6.07 Å². The van der Waals surface area contributed by atoms with Gasteiger partial charge in [-0.05, 0) is 54.0 Å². The largest absolute Gasteiger partial charge is 0.312 e. The summed E-state index contributed by atoms with van der Waals surface area (Å²) < 4.78 is 27.3. The lowest BCUT2D eigenvalue weighted by atomic mass is 9.94. The van der Waals surface area contributed by atoms with Gasteiger partial charge in [0.05, 0.1) is 10.5 Å². The van der Waals surface area contributed by atoms with E-state index in [1.807, 2.05) is 6.07 Å². The van der Waals surface area contributed by atoms with Crippen LogP contribution >= 0.6 is 11.3 Å². The number of anilines is 1. The van der Waals surface area contributed by atoms with E-state index in [-0.39, 0.29) is 10.8 Å². The quantitative estimate of drug-likeness (QED) is 0.845. The summed E-state index contributed by atoms with van der Waals surface area (Å²) in [6.45, 7) is 5.16. The number of benzene rings is 1. The number of hydrogen-bond acceptors (Lipinski definition) is 5. The molecule has 2 atom stereocenters. The molecule has 8 heteroatoms. The number of rotatable bonds is 4. The Morgan fingerprint density at radius 1 is 1.19 bits per heavy atom. The van der Waals surface area contributed by atoms with Crippen LogP contribution in [0.2, 0.25) is 0 Å². The number of amides is 1. The van der Waals surface area contributed by atoms with E-state index in [0.29, 0.717) is 41.1 Å². The minimum Gasteiger partial charge on any atom is -0.312 e. The highest BCUT2D eigenvalue weighted by atomic mass is 32.2. The SMILES string of the molecule is C[C@H]1C[C@H](C)CN(S(=O)(=O)c2ccc(C(=O)Nc3sccc3C#N)cc2)C1. The van der Waals surface area contributed by atoms with Crippen molar-refractivity contribution < 1.29 is 13.2 Å². The highest BCUT2D eigenvalue weighted by molar-refractivity contribution is 7.89. The van der Waals surface area contributed by atoms with Gasteiger partial charge in [-0.25, -0.2) is 8.42 Å². The van der Waals surface area contributed by atoms with Gasteiger partial charge in [0.1, 0.15) is 11.1 Å². The summed E-state index contributed by atoms with van der Waals surface area (Å²) in [5, 5.41) is 13.9. The molecule has 3 rings (SSSR count). The molecule has 1 aromatic heterocycles.